The molecule has 1 aromatic carbocycles. The van der Waals surface area contributed by atoms with Crippen molar-refractivity contribution in [2.24, 2.45) is 5.73 Å². The highest BCUT2D eigenvalue weighted by Crippen LogP contribution is 2.16. The van der Waals surface area contributed by atoms with Crippen molar-refractivity contribution in [1.82, 2.24) is 0 Å². The zero-order valence-corrected chi connectivity index (χ0v) is 11.5. The minimum atomic E-state index is 0.356. The second kappa shape index (κ2) is 10.1. The number of nitrogens with zero attached hydrogens (tertiary/aromatic N) is 1. The van der Waals surface area contributed by atoms with Gasteiger partial charge in [0.1, 0.15) is 0 Å². The van der Waals surface area contributed by atoms with Crippen LogP contribution in [-0.2, 0) is 4.74 Å². The molecular formula is C14H26N2O. The van der Waals surface area contributed by atoms with E-state index in [0.717, 1.165) is 19.7 Å². The Morgan fingerprint density at radius 1 is 1.18 bits per heavy atom. The topological polar surface area (TPSA) is 38.5 Å². The van der Waals surface area contributed by atoms with Gasteiger partial charge in [0.15, 0.2) is 0 Å². The Morgan fingerprint density at radius 3 is 2.29 bits per heavy atom. The Balaban J connectivity index is 0.000000581. The van der Waals surface area contributed by atoms with E-state index >= 15 is 0 Å². The van der Waals surface area contributed by atoms with E-state index in [2.05, 4.69) is 41.8 Å². The van der Waals surface area contributed by atoms with Crippen LogP contribution in [0.5, 0.6) is 0 Å². The molecule has 1 aliphatic heterocycles. The summed E-state index contributed by atoms with van der Waals surface area (Å²) in [5, 5.41) is 0. The Hall–Kier alpha value is -1.06. The van der Waals surface area contributed by atoms with Gasteiger partial charge in [0.05, 0.1) is 12.7 Å². The van der Waals surface area contributed by atoms with E-state index in [1.807, 2.05) is 19.9 Å². The number of ether oxygens (including phenoxy) is 1. The van der Waals surface area contributed by atoms with Gasteiger partial charge in [0.2, 0.25) is 0 Å². The third-order valence-electron chi connectivity index (χ3n) is 2.36. The van der Waals surface area contributed by atoms with Crippen LogP contribution in [0.1, 0.15) is 20.8 Å². The van der Waals surface area contributed by atoms with E-state index in [9.17, 15) is 0 Å². The first-order valence-electron chi connectivity index (χ1n) is 6.35. The summed E-state index contributed by atoms with van der Waals surface area (Å²) in [5.41, 5.74) is 5.80. The lowest BCUT2D eigenvalue weighted by Gasteiger charge is -2.32. The predicted octanol–water partition coefficient (Wildman–Crippen LogP) is 2.51. The van der Waals surface area contributed by atoms with Gasteiger partial charge in [-0.15, -0.1) is 0 Å². The maximum atomic E-state index is 5.49. The van der Waals surface area contributed by atoms with E-state index in [-0.39, 0.29) is 0 Å². The molecule has 0 aromatic heterocycles. The fraction of sp³-hybridized carbons (Fsp3) is 0.571. The summed E-state index contributed by atoms with van der Waals surface area (Å²) in [5.74, 6) is 0. The van der Waals surface area contributed by atoms with Gasteiger partial charge in [-0.3, -0.25) is 0 Å². The van der Waals surface area contributed by atoms with Crippen LogP contribution in [0.4, 0.5) is 5.69 Å². The molecule has 1 saturated heterocycles. The molecule has 0 bridgehead atoms. The van der Waals surface area contributed by atoms with Gasteiger partial charge in [0, 0.05) is 18.8 Å². The largest absolute Gasteiger partial charge is 0.375 e. The highest BCUT2D eigenvalue weighted by molar-refractivity contribution is 5.46. The van der Waals surface area contributed by atoms with Crippen molar-refractivity contribution in [3.8, 4) is 0 Å². The van der Waals surface area contributed by atoms with Crippen molar-refractivity contribution in [1.29, 1.82) is 0 Å². The Labute approximate surface area is 106 Å². The van der Waals surface area contributed by atoms with Gasteiger partial charge in [-0.1, -0.05) is 32.0 Å². The van der Waals surface area contributed by atoms with Crippen LogP contribution in [-0.4, -0.2) is 32.8 Å². The van der Waals surface area contributed by atoms with E-state index in [1.165, 1.54) is 12.7 Å². The minimum Gasteiger partial charge on any atom is -0.375 e. The number of rotatable bonds is 1. The quantitative estimate of drug-likeness (QED) is 0.817. The van der Waals surface area contributed by atoms with Crippen molar-refractivity contribution >= 4 is 5.69 Å². The molecular weight excluding hydrogens is 212 g/mol. The number of para-hydroxylation sites is 1. The molecule has 0 spiro atoms. The summed E-state index contributed by atoms with van der Waals surface area (Å²) in [6.07, 6.45) is 0.356. The summed E-state index contributed by atoms with van der Waals surface area (Å²) in [4.78, 5) is 2.37. The smallest absolute Gasteiger partial charge is 0.0722 e. The van der Waals surface area contributed by atoms with E-state index in [0.29, 0.717) is 6.10 Å². The monoisotopic (exact) mass is 238 g/mol. The summed E-state index contributed by atoms with van der Waals surface area (Å²) >= 11 is 0. The molecule has 2 N–H and O–H groups in total. The van der Waals surface area contributed by atoms with Gasteiger partial charge in [0.25, 0.3) is 0 Å². The van der Waals surface area contributed by atoms with Gasteiger partial charge in [-0.05, 0) is 26.1 Å². The standard InChI is InChI=1S/C11H15NO.C2H6.CH5N/c1-10-9-12(7-8-13-10)11-5-3-2-4-6-11;2*1-2/h2-6,10H,7-9H2,1H3;1-2H3;2H2,1H3. The molecule has 1 unspecified atom stereocenters. The predicted molar refractivity (Wildman–Crippen MR) is 75.5 cm³/mol. The van der Waals surface area contributed by atoms with Crippen molar-refractivity contribution in [2.75, 3.05) is 31.6 Å². The third kappa shape index (κ3) is 5.71. The zero-order chi connectivity index (χ0) is 13.1. The number of anilines is 1. The maximum Gasteiger partial charge on any atom is 0.0722 e. The molecule has 0 saturated carbocycles. The van der Waals surface area contributed by atoms with Crippen molar-refractivity contribution in [2.45, 2.75) is 26.9 Å². The summed E-state index contributed by atoms with van der Waals surface area (Å²) in [7, 11) is 1.50. The average Bonchev–Trinajstić information content (AvgIpc) is 2.44. The molecule has 17 heavy (non-hydrogen) atoms. The fourth-order valence-electron chi connectivity index (χ4n) is 1.69. The van der Waals surface area contributed by atoms with E-state index < -0.39 is 0 Å². The highest BCUT2D eigenvalue weighted by Gasteiger charge is 2.16. The lowest BCUT2D eigenvalue weighted by Crippen LogP contribution is -2.41. The molecule has 1 atom stereocenters. The molecule has 3 nitrogen and oxygen atoms in total. The molecule has 2 rings (SSSR count). The average molecular weight is 238 g/mol. The van der Waals surface area contributed by atoms with E-state index in [4.69, 9.17) is 4.74 Å². The maximum absolute atomic E-state index is 5.49. The van der Waals surface area contributed by atoms with Crippen LogP contribution < -0.4 is 10.6 Å². The van der Waals surface area contributed by atoms with Gasteiger partial charge in [-0.25, -0.2) is 0 Å². The molecule has 1 aromatic rings. The molecule has 98 valence electrons. The Kier molecular flexibility index (Phi) is 9.49. The lowest BCUT2D eigenvalue weighted by atomic mass is 10.2. The minimum absolute atomic E-state index is 0.356. The number of benzene rings is 1. The van der Waals surface area contributed by atoms with Gasteiger partial charge in [-0.2, -0.15) is 0 Å². The second-order valence-electron chi connectivity index (χ2n) is 3.46. The van der Waals surface area contributed by atoms with Crippen LogP contribution >= 0.6 is 0 Å². The first-order valence-corrected chi connectivity index (χ1v) is 6.35. The summed E-state index contributed by atoms with van der Waals surface area (Å²) < 4.78 is 5.49. The van der Waals surface area contributed by atoms with Crippen LogP contribution in [0.3, 0.4) is 0 Å². The molecule has 1 aliphatic rings. The van der Waals surface area contributed by atoms with Crippen molar-refractivity contribution in [3.63, 3.8) is 0 Å². The van der Waals surface area contributed by atoms with Crippen LogP contribution in [0, 0.1) is 0 Å². The molecule has 0 aliphatic carbocycles. The number of hydrogen-bond acceptors (Lipinski definition) is 3. The molecule has 0 radical (unpaired) electrons. The van der Waals surface area contributed by atoms with Crippen molar-refractivity contribution in [3.05, 3.63) is 30.3 Å². The van der Waals surface area contributed by atoms with Gasteiger partial charge >= 0.3 is 0 Å². The first kappa shape index (κ1) is 15.9. The number of nitrogens with two attached hydrogens (primary N) is 1. The molecule has 1 fully saturated rings. The Morgan fingerprint density at radius 2 is 1.76 bits per heavy atom. The molecule has 1 heterocycles. The summed E-state index contributed by atoms with van der Waals surface area (Å²) in [6, 6.07) is 10.5. The highest BCUT2D eigenvalue weighted by atomic mass is 16.5. The number of hydrogen-bond donors (Lipinski definition) is 1. The van der Waals surface area contributed by atoms with Crippen LogP contribution in [0.15, 0.2) is 30.3 Å². The number of morpholine rings is 1. The van der Waals surface area contributed by atoms with Crippen molar-refractivity contribution < 1.29 is 4.74 Å². The van der Waals surface area contributed by atoms with Crippen LogP contribution in [0.2, 0.25) is 0 Å². The SMILES string of the molecule is CC.CC1CN(c2ccccc2)CCO1.CN. The van der Waals surface area contributed by atoms with Gasteiger partial charge < -0.3 is 15.4 Å². The summed E-state index contributed by atoms with van der Waals surface area (Å²) in [6.45, 7) is 8.98. The zero-order valence-electron chi connectivity index (χ0n) is 11.5. The van der Waals surface area contributed by atoms with E-state index in [1.54, 1.807) is 0 Å². The fourth-order valence-corrected chi connectivity index (χ4v) is 1.69. The van der Waals surface area contributed by atoms with Crippen LogP contribution in [0.25, 0.3) is 0 Å². The first-order chi connectivity index (χ1) is 8.36. The normalized spacial score (nSPS) is 18.4. The second-order valence-corrected chi connectivity index (χ2v) is 3.46. The molecule has 0 amide bonds. The Bertz CT molecular complexity index is 264. The molecule has 3 heteroatoms. The lowest BCUT2D eigenvalue weighted by molar-refractivity contribution is 0.0532. The third-order valence-corrected chi connectivity index (χ3v) is 2.36.